The maximum absolute atomic E-state index is 6.60. The van der Waals surface area contributed by atoms with Gasteiger partial charge in [0.05, 0.1) is 28.8 Å². The van der Waals surface area contributed by atoms with E-state index in [1.807, 2.05) is 0 Å². The highest BCUT2D eigenvalue weighted by Gasteiger charge is 2.51. The van der Waals surface area contributed by atoms with E-state index in [1.165, 1.54) is 66.3 Å². The van der Waals surface area contributed by atoms with Gasteiger partial charge in [-0.1, -0.05) is 146 Å². The molecule has 1 aromatic heterocycles. The predicted octanol–water partition coefficient (Wildman–Crippen LogP) is 9.90. The number of benzene rings is 7. The van der Waals surface area contributed by atoms with Crippen molar-refractivity contribution in [1.82, 2.24) is 20.5 Å². The van der Waals surface area contributed by atoms with Crippen LogP contribution in [0.25, 0.3) is 32.9 Å². The Morgan fingerprint density at radius 3 is 1.67 bits per heavy atom. The first-order valence-electron chi connectivity index (χ1n) is 17.7. The van der Waals surface area contributed by atoms with Gasteiger partial charge in [0, 0.05) is 21.9 Å². The topological polar surface area (TPSA) is 50.2 Å². The van der Waals surface area contributed by atoms with Gasteiger partial charge in [-0.2, -0.15) is 0 Å². The zero-order chi connectivity index (χ0) is 33.5. The number of fused-ring (bicyclic) bond motifs is 13. The molecule has 0 radical (unpaired) electrons. The first kappa shape index (κ1) is 28.8. The summed E-state index contributed by atoms with van der Waals surface area (Å²) in [6.45, 7) is 0. The summed E-state index contributed by atoms with van der Waals surface area (Å²) in [7, 11) is 0. The molecule has 0 bridgehead atoms. The van der Waals surface area contributed by atoms with E-state index >= 15 is 0 Å². The second kappa shape index (κ2) is 11.0. The Balaban J connectivity index is 1.19. The molecule has 5 nitrogen and oxygen atoms in total. The number of hydrogen-bond acceptors (Lipinski definition) is 4. The second-order valence-corrected chi connectivity index (χ2v) is 13.7. The quantitative estimate of drug-likeness (QED) is 0.177. The van der Waals surface area contributed by atoms with Crippen molar-refractivity contribution in [3.63, 3.8) is 0 Å². The van der Waals surface area contributed by atoms with E-state index in [-0.39, 0.29) is 18.6 Å². The number of hydrogen-bond donors (Lipinski definition) is 3. The molecule has 2 atom stereocenters. The van der Waals surface area contributed by atoms with Gasteiger partial charge in [0.2, 0.25) is 0 Å². The minimum atomic E-state index is -0.517. The molecule has 7 aromatic carbocycles. The fourth-order valence-electron chi connectivity index (χ4n) is 9.16. The van der Waals surface area contributed by atoms with Crippen molar-refractivity contribution < 1.29 is 4.74 Å². The van der Waals surface area contributed by atoms with Gasteiger partial charge in [-0.05, 0) is 57.6 Å². The fraction of sp³-hybridized carbons (Fsp3) is 0.0870. The van der Waals surface area contributed by atoms with Gasteiger partial charge in [-0.25, -0.2) is 0 Å². The van der Waals surface area contributed by atoms with Crippen molar-refractivity contribution in [2.45, 2.75) is 24.0 Å². The van der Waals surface area contributed by atoms with E-state index in [0.29, 0.717) is 0 Å². The Morgan fingerprint density at radius 2 is 1.00 bits per heavy atom. The largest absolute Gasteiger partial charge is 0.457 e. The number of para-hydroxylation sites is 3. The van der Waals surface area contributed by atoms with Crippen molar-refractivity contribution in [2.24, 2.45) is 0 Å². The Morgan fingerprint density at radius 1 is 0.451 bits per heavy atom. The number of ether oxygens (including phenoxy) is 1. The van der Waals surface area contributed by atoms with Crippen LogP contribution in [-0.4, -0.2) is 4.57 Å². The van der Waals surface area contributed by atoms with Crippen LogP contribution in [0, 0.1) is 0 Å². The Labute approximate surface area is 296 Å². The average Bonchev–Trinajstić information content (AvgIpc) is 3.69. The van der Waals surface area contributed by atoms with Crippen LogP contribution >= 0.6 is 0 Å². The molecule has 0 saturated carbocycles. The Bertz CT molecular complexity index is 2540. The van der Waals surface area contributed by atoms with Gasteiger partial charge in [0.1, 0.15) is 17.8 Å². The van der Waals surface area contributed by atoms with Crippen LogP contribution < -0.4 is 20.7 Å². The van der Waals surface area contributed by atoms with E-state index in [0.717, 1.165) is 11.5 Å². The first-order valence-corrected chi connectivity index (χ1v) is 17.7. The molecule has 244 valence electrons. The van der Waals surface area contributed by atoms with Gasteiger partial charge in [-0.15, -0.1) is 0 Å². The maximum Gasteiger partial charge on any atom is 0.142 e. The molecule has 51 heavy (non-hydrogen) atoms. The molecule has 5 heteroatoms. The van der Waals surface area contributed by atoms with Gasteiger partial charge in [0.15, 0.2) is 0 Å². The molecule has 3 N–H and O–H groups in total. The molecular formula is C46H34N4O. The van der Waals surface area contributed by atoms with E-state index in [2.05, 4.69) is 190 Å². The summed E-state index contributed by atoms with van der Waals surface area (Å²) in [6.07, 6.45) is -0.364. The van der Waals surface area contributed by atoms with Crippen molar-refractivity contribution in [3.05, 3.63) is 203 Å². The third-order valence-corrected chi connectivity index (χ3v) is 11.2. The zero-order valence-electron chi connectivity index (χ0n) is 27.8. The molecular weight excluding hydrogens is 625 g/mol. The second-order valence-electron chi connectivity index (χ2n) is 13.7. The summed E-state index contributed by atoms with van der Waals surface area (Å²) in [6, 6.07) is 61.1. The molecule has 2 unspecified atom stereocenters. The lowest BCUT2D eigenvalue weighted by Crippen LogP contribution is -2.56. The average molecular weight is 659 g/mol. The minimum Gasteiger partial charge on any atom is -0.457 e. The first-order chi connectivity index (χ1) is 25.3. The SMILES string of the molecule is c1ccc(C2NC(c3ccccc3)NC(n3c4ccccc4c4c5c(ccc43)C3(c4ccccc4Oc4ccccc43)c3ccccc3-5)N2)cc1. The molecule has 2 aliphatic heterocycles. The fourth-order valence-corrected chi connectivity index (χ4v) is 9.16. The normalized spacial score (nSPS) is 19.6. The molecule has 1 aliphatic carbocycles. The van der Waals surface area contributed by atoms with E-state index in [9.17, 15) is 0 Å². The highest BCUT2D eigenvalue weighted by Crippen LogP contribution is 2.63. The van der Waals surface area contributed by atoms with Gasteiger partial charge >= 0.3 is 0 Å². The smallest absolute Gasteiger partial charge is 0.142 e. The maximum atomic E-state index is 6.60. The Kier molecular flexibility index (Phi) is 6.22. The molecule has 1 fully saturated rings. The van der Waals surface area contributed by atoms with Gasteiger partial charge in [0.25, 0.3) is 0 Å². The predicted molar refractivity (Wildman–Crippen MR) is 204 cm³/mol. The lowest BCUT2D eigenvalue weighted by Gasteiger charge is -2.40. The highest BCUT2D eigenvalue weighted by molar-refractivity contribution is 6.17. The molecule has 8 aromatic rings. The van der Waals surface area contributed by atoms with Crippen LogP contribution in [0.15, 0.2) is 170 Å². The summed E-state index contributed by atoms with van der Waals surface area (Å²) in [5, 5.41) is 14.2. The molecule has 0 amide bonds. The molecule has 3 aliphatic rings. The van der Waals surface area contributed by atoms with Crippen LogP contribution in [-0.2, 0) is 5.41 Å². The van der Waals surface area contributed by atoms with E-state index in [4.69, 9.17) is 4.74 Å². The van der Waals surface area contributed by atoms with Crippen molar-refractivity contribution >= 4 is 21.8 Å². The highest BCUT2D eigenvalue weighted by atomic mass is 16.5. The lowest BCUT2D eigenvalue weighted by molar-refractivity contribution is 0.161. The van der Waals surface area contributed by atoms with Crippen molar-refractivity contribution in [3.8, 4) is 22.6 Å². The number of nitrogens with zero attached hydrogens (tertiary/aromatic N) is 1. The summed E-state index contributed by atoms with van der Waals surface area (Å²) in [5.41, 5.74) is 11.7. The van der Waals surface area contributed by atoms with Crippen LogP contribution in [0.5, 0.6) is 11.5 Å². The monoisotopic (exact) mass is 658 g/mol. The molecule has 1 spiro atoms. The lowest BCUT2D eigenvalue weighted by atomic mass is 9.66. The van der Waals surface area contributed by atoms with Crippen molar-refractivity contribution in [1.29, 1.82) is 0 Å². The summed E-state index contributed by atoms with van der Waals surface area (Å²) in [5.74, 6) is 1.81. The van der Waals surface area contributed by atoms with E-state index in [1.54, 1.807) is 0 Å². The van der Waals surface area contributed by atoms with Gasteiger partial charge < -0.3 is 9.30 Å². The summed E-state index contributed by atoms with van der Waals surface area (Å²) in [4.78, 5) is 0. The number of aromatic nitrogens is 1. The Hall–Kier alpha value is -5.98. The van der Waals surface area contributed by atoms with Crippen LogP contribution in [0.2, 0.25) is 0 Å². The van der Waals surface area contributed by atoms with Crippen LogP contribution in [0.1, 0.15) is 52.0 Å². The summed E-state index contributed by atoms with van der Waals surface area (Å²) < 4.78 is 9.07. The zero-order valence-corrected chi connectivity index (χ0v) is 27.8. The van der Waals surface area contributed by atoms with Crippen LogP contribution in [0.3, 0.4) is 0 Å². The third kappa shape index (κ3) is 4.02. The standard InChI is InChI=1S/C46H34N4O/c1-3-15-29(16-4-1)43-47-44(30-17-5-2-6-18-30)49-45(48-43)50-37-24-12-8-20-32(37)42-38(50)28-27-36-41(42)31-19-7-9-21-33(31)46(36)34-22-10-13-25-39(34)51-40-26-14-11-23-35(40)46/h1-28,43-45,47-49H. The minimum absolute atomic E-state index is 0.0764. The van der Waals surface area contributed by atoms with E-state index < -0.39 is 5.41 Å². The molecule has 11 rings (SSSR count). The molecule has 1 saturated heterocycles. The number of rotatable bonds is 3. The van der Waals surface area contributed by atoms with Crippen molar-refractivity contribution in [2.75, 3.05) is 0 Å². The van der Waals surface area contributed by atoms with Crippen LogP contribution in [0.4, 0.5) is 0 Å². The van der Waals surface area contributed by atoms with Gasteiger partial charge in [-0.3, -0.25) is 16.0 Å². The number of nitrogens with one attached hydrogen (secondary N) is 3. The summed E-state index contributed by atoms with van der Waals surface area (Å²) >= 11 is 0. The third-order valence-electron chi connectivity index (χ3n) is 11.2. The molecule has 3 heterocycles.